The van der Waals surface area contributed by atoms with Gasteiger partial charge in [-0.25, -0.2) is 9.67 Å². The van der Waals surface area contributed by atoms with Crippen molar-refractivity contribution in [2.45, 2.75) is 13.8 Å². The molecule has 1 aromatic carbocycles. The molecule has 8 heteroatoms. The van der Waals surface area contributed by atoms with Gasteiger partial charge in [0, 0.05) is 30.2 Å². The summed E-state index contributed by atoms with van der Waals surface area (Å²) in [5.41, 5.74) is 4.05. The van der Waals surface area contributed by atoms with E-state index in [1.807, 2.05) is 49.0 Å². The van der Waals surface area contributed by atoms with E-state index in [4.69, 9.17) is 16.3 Å². The first-order chi connectivity index (χ1) is 13.9. The zero-order valence-corrected chi connectivity index (χ0v) is 17.1. The van der Waals surface area contributed by atoms with Crippen LogP contribution in [0.2, 0.25) is 5.02 Å². The highest BCUT2D eigenvalue weighted by Crippen LogP contribution is 2.28. The highest BCUT2D eigenvalue weighted by molar-refractivity contribution is 6.31. The van der Waals surface area contributed by atoms with E-state index in [1.54, 1.807) is 29.9 Å². The molecule has 0 unspecified atom stereocenters. The Hall–Kier alpha value is -3.32. The lowest BCUT2D eigenvalue weighted by Gasteiger charge is -2.13. The smallest absolute Gasteiger partial charge is 0.262 e. The molecule has 0 fully saturated rings. The molecule has 1 amide bonds. The lowest BCUT2D eigenvalue weighted by molar-refractivity contribution is -0.118. The van der Waals surface area contributed by atoms with Crippen LogP contribution in [-0.4, -0.2) is 31.8 Å². The minimum absolute atomic E-state index is 0.173. The molecule has 4 aromatic rings. The first kappa shape index (κ1) is 19.0. The van der Waals surface area contributed by atoms with Gasteiger partial charge in [0.1, 0.15) is 0 Å². The largest absolute Gasteiger partial charge is 0.466 e. The molecule has 7 nitrogen and oxygen atoms in total. The van der Waals surface area contributed by atoms with Gasteiger partial charge >= 0.3 is 0 Å². The fraction of sp³-hybridized carbons (Fsp3) is 0.190. The standard InChI is InChI=1S/C21H20ClN5O2/c1-13-10-14(2)23-20-19(13)21(25-26(20)3)29-12-18(28)24-16-7-6-15(22)11-17(16)27-8-4-5-9-27/h4-11H,12H2,1-3H3,(H,24,28). The number of rotatable bonds is 5. The number of hydrogen-bond acceptors (Lipinski definition) is 4. The predicted molar refractivity (Wildman–Crippen MR) is 113 cm³/mol. The third-order valence-electron chi connectivity index (χ3n) is 4.54. The summed E-state index contributed by atoms with van der Waals surface area (Å²) in [4.78, 5) is 17.1. The van der Waals surface area contributed by atoms with Gasteiger partial charge in [-0.2, -0.15) is 0 Å². The van der Waals surface area contributed by atoms with E-state index in [9.17, 15) is 4.79 Å². The second-order valence-electron chi connectivity index (χ2n) is 6.80. The summed E-state index contributed by atoms with van der Waals surface area (Å²) >= 11 is 6.13. The number of pyridine rings is 1. The van der Waals surface area contributed by atoms with Crippen molar-refractivity contribution in [3.05, 3.63) is 65.1 Å². The molecule has 4 rings (SSSR count). The van der Waals surface area contributed by atoms with Crippen molar-refractivity contribution in [2.24, 2.45) is 7.05 Å². The Bertz CT molecular complexity index is 1200. The summed E-state index contributed by atoms with van der Waals surface area (Å²) in [6.07, 6.45) is 3.77. The Kier molecular flexibility index (Phi) is 4.98. The predicted octanol–water partition coefficient (Wildman–Crippen LogP) is 4.05. The Balaban J connectivity index is 1.53. The number of nitrogens with one attached hydrogen (secondary N) is 1. The molecular formula is C21H20ClN5O2. The number of amides is 1. The van der Waals surface area contributed by atoms with Crippen molar-refractivity contribution < 1.29 is 9.53 Å². The molecule has 0 saturated carbocycles. The number of carbonyl (C=O) groups is 1. The van der Waals surface area contributed by atoms with E-state index >= 15 is 0 Å². The fourth-order valence-electron chi connectivity index (χ4n) is 3.29. The molecule has 0 aliphatic heterocycles. The Morgan fingerprint density at radius 2 is 1.97 bits per heavy atom. The van der Waals surface area contributed by atoms with E-state index < -0.39 is 0 Å². The number of benzene rings is 1. The molecule has 0 bridgehead atoms. The molecule has 3 aromatic heterocycles. The van der Waals surface area contributed by atoms with Crippen LogP contribution < -0.4 is 10.1 Å². The average molecular weight is 410 g/mol. The second-order valence-corrected chi connectivity index (χ2v) is 7.23. The van der Waals surface area contributed by atoms with Crippen LogP contribution in [0.25, 0.3) is 16.7 Å². The maximum Gasteiger partial charge on any atom is 0.262 e. The van der Waals surface area contributed by atoms with Gasteiger partial charge in [-0.1, -0.05) is 11.6 Å². The SMILES string of the molecule is Cc1cc(C)c2c(OCC(=O)Nc3ccc(Cl)cc3-n3cccc3)nn(C)c2n1. The third-order valence-corrected chi connectivity index (χ3v) is 4.78. The summed E-state index contributed by atoms with van der Waals surface area (Å²) in [7, 11) is 1.80. The van der Waals surface area contributed by atoms with Gasteiger partial charge in [0.15, 0.2) is 12.3 Å². The average Bonchev–Trinajstić information content (AvgIpc) is 3.30. The van der Waals surface area contributed by atoms with Crippen LogP contribution in [0.5, 0.6) is 5.88 Å². The van der Waals surface area contributed by atoms with E-state index in [2.05, 4.69) is 15.4 Å². The second kappa shape index (κ2) is 7.60. The number of fused-ring (bicyclic) bond motifs is 1. The minimum Gasteiger partial charge on any atom is -0.466 e. The van der Waals surface area contributed by atoms with E-state index in [0.717, 1.165) is 28.0 Å². The van der Waals surface area contributed by atoms with Crippen LogP contribution in [0.15, 0.2) is 48.8 Å². The summed E-state index contributed by atoms with van der Waals surface area (Å²) < 4.78 is 9.27. The number of anilines is 1. The van der Waals surface area contributed by atoms with Gasteiger partial charge in [0.2, 0.25) is 5.88 Å². The zero-order chi connectivity index (χ0) is 20.5. The van der Waals surface area contributed by atoms with Gasteiger partial charge in [-0.15, -0.1) is 5.10 Å². The molecule has 0 aliphatic rings. The molecule has 0 radical (unpaired) electrons. The van der Waals surface area contributed by atoms with Crippen molar-refractivity contribution in [3.63, 3.8) is 0 Å². The molecule has 1 N–H and O–H groups in total. The van der Waals surface area contributed by atoms with Crippen LogP contribution in [0, 0.1) is 13.8 Å². The number of ether oxygens (including phenoxy) is 1. The topological polar surface area (TPSA) is 74.0 Å². The molecule has 0 spiro atoms. The number of hydrogen-bond donors (Lipinski definition) is 1. The van der Waals surface area contributed by atoms with Gasteiger partial charge in [-0.3, -0.25) is 4.79 Å². The lowest BCUT2D eigenvalue weighted by Crippen LogP contribution is -2.21. The zero-order valence-electron chi connectivity index (χ0n) is 16.3. The van der Waals surface area contributed by atoms with Gasteiger partial charge in [-0.05, 0) is 55.8 Å². The third kappa shape index (κ3) is 3.82. The van der Waals surface area contributed by atoms with Crippen LogP contribution in [-0.2, 0) is 11.8 Å². The lowest BCUT2D eigenvalue weighted by atomic mass is 10.2. The molecule has 0 atom stereocenters. The number of aromatic nitrogens is 4. The van der Waals surface area contributed by atoms with Gasteiger partial charge in [0.05, 0.1) is 16.8 Å². The molecule has 0 saturated heterocycles. The molecular weight excluding hydrogens is 390 g/mol. The number of halogens is 1. The summed E-state index contributed by atoms with van der Waals surface area (Å²) in [5, 5.41) is 8.65. The minimum atomic E-state index is -0.294. The quantitative estimate of drug-likeness (QED) is 0.539. The number of nitrogens with zero attached hydrogens (tertiary/aromatic N) is 4. The molecule has 0 aliphatic carbocycles. The van der Waals surface area contributed by atoms with Crippen molar-refractivity contribution in [1.29, 1.82) is 0 Å². The first-order valence-electron chi connectivity index (χ1n) is 9.09. The fourth-order valence-corrected chi connectivity index (χ4v) is 3.46. The summed E-state index contributed by atoms with van der Waals surface area (Å²) in [6, 6.07) is 11.1. The molecule has 29 heavy (non-hydrogen) atoms. The normalized spacial score (nSPS) is 11.0. The first-order valence-corrected chi connectivity index (χ1v) is 9.46. The maximum atomic E-state index is 12.5. The number of aryl methyl sites for hydroxylation is 3. The van der Waals surface area contributed by atoms with Crippen LogP contribution in [0.3, 0.4) is 0 Å². The van der Waals surface area contributed by atoms with Crippen molar-refractivity contribution in [2.75, 3.05) is 11.9 Å². The Morgan fingerprint density at radius 3 is 2.72 bits per heavy atom. The van der Waals surface area contributed by atoms with E-state index in [-0.39, 0.29) is 12.5 Å². The monoisotopic (exact) mass is 409 g/mol. The van der Waals surface area contributed by atoms with Crippen LogP contribution >= 0.6 is 11.6 Å². The summed E-state index contributed by atoms with van der Waals surface area (Å²) in [5.74, 6) is 0.0987. The highest BCUT2D eigenvalue weighted by atomic mass is 35.5. The molecule has 148 valence electrons. The Labute approximate surface area is 172 Å². The summed E-state index contributed by atoms with van der Waals surface area (Å²) in [6.45, 7) is 3.73. The maximum absolute atomic E-state index is 12.5. The van der Waals surface area contributed by atoms with Gasteiger partial charge in [0.25, 0.3) is 5.91 Å². The molecule has 3 heterocycles. The number of carbonyl (C=O) groups excluding carboxylic acids is 1. The van der Waals surface area contributed by atoms with Crippen molar-refractivity contribution in [1.82, 2.24) is 19.3 Å². The van der Waals surface area contributed by atoms with Crippen LogP contribution in [0.1, 0.15) is 11.3 Å². The van der Waals surface area contributed by atoms with Crippen molar-refractivity contribution in [3.8, 4) is 11.6 Å². The van der Waals surface area contributed by atoms with Gasteiger partial charge < -0.3 is 14.6 Å². The van der Waals surface area contributed by atoms with Crippen LogP contribution in [0.4, 0.5) is 5.69 Å². The highest BCUT2D eigenvalue weighted by Gasteiger charge is 2.16. The van der Waals surface area contributed by atoms with Crippen molar-refractivity contribution >= 4 is 34.2 Å². The Morgan fingerprint density at radius 1 is 1.21 bits per heavy atom. The van der Waals surface area contributed by atoms with E-state index in [0.29, 0.717) is 16.6 Å². The van der Waals surface area contributed by atoms with E-state index in [1.165, 1.54) is 0 Å².